The van der Waals surface area contributed by atoms with Crippen LogP contribution in [0.25, 0.3) is 0 Å². The maximum atomic E-state index is 5.63. The maximum Gasteiger partial charge on any atom is 0.282 e. The van der Waals surface area contributed by atoms with E-state index >= 15 is 0 Å². The van der Waals surface area contributed by atoms with Crippen LogP contribution in [0.1, 0.15) is 66.7 Å². The van der Waals surface area contributed by atoms with Crippen molar-refractivity contribution in [3.05, 3.63) is 0 Å². The molecule has 0 heterocycles. The number of rotatable bonds is 9. The van der Waals surface area contributed by atoms with Crippen molar-refractivity contribution >= 4 is 8.05 Å². The lowest BCUT2D eigenvalue weighted by molar-refractivity contribution is -0.256. The molecule has 8 rings (SSSR count). The summed E-state index contributed by atoms with van der Waals surface area (Å²) in [5.41, 5.74) is 0. The van der Waals surface area contributed by atoms with Crippen molar-refractivity contribution in [3.63, 3.8) is 0 Å². The molecule has 2 heteroatoms. The smallest absolute Gasteiger partial charge is 0.282 e. The summed E-state index contributed by atoms with van der Waals surface area (Å²) in [6, 6.07) is 0. The molecule has 8 aliphatic carbocycles. The van der Waals surface area contributed by atoms with Crippen LogP contribution in [-0.2, 0) is 4.65 Å². The van der Waals surface area contributed by atoms with Crippen LogP contribution < -0.4 is 0 Å². The van der Waals surface area contributed by atoms with Crippen molar-refractivity contribution in [1.29, 1.82) is 0 Å². The third-order valence-electron chi connectivity index (χ3n) is 14.5. The van der Waals surface area contributed by atoms with E-state index in [-0.39, 0.29) is 0 Å². The van der Waals surface area contributed by atoms with Crippen LogP contribution in [-0.4, -0.2) is 14.7 Å². The zero-order valence-electron chi connectivity index (χ0n) is 21.8. The summed E-state index contributed by atoms with van der Waals surface area (Å²) in [6.45, 7) is 13.7. The maximum absolute atomic E-state index is 5.63. The molecule has 1 nitrogen and oxygen atoms in total. The lowest BCUT2D eigenvalue weighted by Crippen LogP contribution is -2.68. The quantitative estimate of drug-likeness (QED) is 0.364. The second kappa shape index (κ2) is 6.86. The van der Waals surface area contributed by atoms with E-state index in [1.807, 2.05) is 0 Å². The fraction of sp³-hybridized carbons (Fsp3) is 1.00. The van der Waals surface area contributed by atoms with Crippen molar-refractivity contribution in [1.82, 2.24) is 0 Å². The molecule has 2 radical (unpaired) electrons. The lowest BCUT2D eigenvalue weighted by atomic mass is 9.32. The predicted molar refractivity (Wildman–Crippen MR) is 133 cm³/mol. The van der Waals surface area contributed by atoms with Crippen LogP contribution in [0.5, 0.6) is 0 Å². The number of hydrogen-bond donors (Lipinski definition) is 0. The molecule has 0 aliphatic heterocycles. The fourth-order valence-corrected chi connectivity index (χ4v) is 13.4. The van der Waals surface area contributed by atoms with E-state index in [0.717, 1.165) is 95.4 Å². The molecule has 0 aromatic carbocycles. The van der Waals surface area contributed by atoms with Crippen LogP contribution >= 0.6 is 0 Å². The second-order valence-electron chi connectivity index (χ2n) is 15.5. The van der Waals surface area contributed by atoms with E-state index in [9.17, 15) is 0 Å². The molecule has 18 unspecified atom stereocenters. The number of fused-ring (bicyclic) bond motifs is 11. The predicted octanol–water partition coefficient (Wildman–Crippen LogP) is 6.57. The SMILES string of the molecule is [B]OCCC1C(C(C(C)C)C2CC3C4CC4C32)C(C)C1C(C(C)C)C1CC2C3C4CC4C3C12. The highest BCUT2D eigenvalue weighted by Gasteiger charge is 2.78. The van der Waals surface area contributed by atoms with Gasteiger partial charge in [-0.3, -0.25) is 0 Å². The molecule has 18 atom stereocenters. The molecular formula is C31H47BO. The Morgan fingerprint density at radius 3 is 1.85 bits per heavy atom. The molecule has 0 amide bonds. The van der Waals surface area contributed by atoms with Crippen LogP contribution in [0.4, 0.5) is 0 Å². The van der Waals surface area contributed by atoms with Gasteiger partial charge in [0.1, 0.15) is 0 Å². The van der Waals surface area contributed by atoms with E-state index in [1.165, 1.54) is 36.0 Å². The van der Waals surface area contributed by atoms with Gasteiger partial charge in [0.25, 0.3) is 8.05 Å². The summed E-state index contributed by atoms with van der Waals surface area (Å²) >= 11 is 0. The molecule has 180 valence electrons. The minimum absolute atomic E-state index is 0.770. The Morgan fingerprint density at radius 2 is 1.21 bits per heavy atom. The molecule has 8 fully saturated rings. The van der Waals surface area contributed by atoms with E-state index in [4.69, 9.17) is 12.7 Å². The van der Waals surface area contributed by atoms with Gasteiger partial charge in [-0.25, -0.2) is 0 Å². The standard InChI is InChI=1S/C31H47BO/c1-12(2)24(21-10-18-16-8-17(16)28(18)21)26-14(5)27(15(26)6-7-33-32)25(13(3)4)22-11-23-29-19-9-20(19)31(29)30(22)23/h12-31H,6-11H2,1-5H3. The second-order valence-corrected chi connectivity index (χ2v) is 15.5. The molecular weight excluding hydrogens is 399 g/mol. The molecule has 0 aromatic heterocycles. The Hall–Kier alpha value is 0.0249. The molecule has 0 spiro atoms. The van der Waals surface area contributed by atoms with Gasteiger partial charge >= 0.3 is 0 Å². The molecule has 8 aliphatic rings. The van der Waals surface area contributed by atoms with Gasteiger partial charge < -0.3 is 4.65 Å². The first-order valence-electron chi connectivity index (χ1n) is 15.3. The molecule has 33 heavy (non-hydrogen) atoms. The molecule has 0 bridgehead atoms. The molecule has 8 saturated carbocycles. The highest BCUT2D eigenvalue weighted by Crippen LogP contribution is 2.83. The summed E-state index contributed by atoms with van der Waals surface area (Å²) in [7, 11) is 5.63. The van der Waals surface area contributed by atoms with Crippen molar-refractivity contribution in [2.45, 2.75) is 66.7 Å². The zero-order chi connectivity index (χ0) is 22.5. The summed E-state index contributed by atoms with van der Waals surface area (Å²) in [5.74, 6) is 21.0. The zero-order valence-corrected chi connectivity index (χ0v) is 21.8. The van der Waals surface area contributed by atoms with Crippen molar-refractivity contribution in [3.8, 4) is 0 Å². The van der Waals surface area contributed by atoms with Crippen LogP contribution in [0.3, 0.4) is 0 Å². The first-order valence-corrected chi connectivity index (χ1v) is 15.3. The minimum atomic E-state index is 0.770. The highest BCUT2D eigenvalue weighted by molar-refractivity contribution is 5.97. The highest BCUT2D eigenvalue weighted by atomic mass is 16.4. The largest absolute Gasteiger partial charge is 0.448 e. The Bertz CT molecular complexity index is 822. The van der Waals surface area contributed by atoms with Gasteiger partial charge in [0, 0.05) is 6.61 Å². The average Bonchev–Trinajstić information content (AvgIpc) is 3.63. The summed E-state index contributed by atoms with van der Waals surface area (Å²) in [4.78, 5) is 0. The monoisotopic (exact) mass is 446 g/mol. The van der Waals surface area contributed by atoms with Gasteiger partial charge in [-0.2, -0.15) is 0 Å². The van der Waals surface area contributed by atoms with E-state index in [1.54, 1.807) is 25.7 Å². The van der Waals surface area contributed by atoms with Gasteiger partial charge in [0.05, 0.1) is 0 Å². The Labute approximate surface area is 204 Å². The molecule has 0 saturated heterocycles. The van der Waals surface area contributed by atoms with Gasteiger partial charge in [-0.05, 0) is 150 Å². The van der Waals surface area contributed by atoms with E-state index in [0.29, 0.717) is 0 Å². The third kappa shape index (κ3) is 2.47. The Balaban J connectivity index is 1.04. The van der Waals surface area contributed by atoms with Crippen molar-refractivity contribution in [2.75, 3.05) is 6.61 Å². The first kappa shape index (κ1) is 21.1. The van der Waals surface area contributed by atoms with Crippen LogP contribution in [0, 0.1) is 118 Å². The van der Waals surface area contributed by atoms with Gasteiger partial charge in [-0.1, -0.05) is 34.6 Å². The van der Waals surface area contributed by atoms with Gasteiger partial charge in [0.2, 0.25) is 0 Å². The third-order valence-corrected chi connectivity index (χ3v) is 14.5. The van der Waals surface area contributed by atoms with E-state index in [2.05, 4.69) is 34.6 Å². The van der Waals surface area contributed by atoms with Crippen LogP contribution in [0.2, 0.25) is 0 Å². The fourth-order valence-electron chi connectivity index (χ4n) is 13.4. The topological polar surface area (TPSA) is 9.23 Å². The Kier molecular flexibility index (Phi) is 4.40. The average molecular weight is 447 g/mol. The van der Waals surface area contributed by atoms with Crippen molar-refractivity contribution in [2.24, 2.45) is 118 Å². The van der Waals surface area contributed by atoms with E-state index < -0.39 is 0 Å². The Morgan fingerprint density at radius 1 is 0.667 bits per heavy atom. The summed E-state index contributed by atoms with van der Waals surface area (Å²) in [6.07, 6.45) is 7.59. The van der Waals surface area contributed by atoms with Crippen LogP contribution in [0.15, 0.2) is 0 Å². The number of hydrogen-bond acceptors (Lipinski definition) is 1. The summed E-state index contributed by atoms with van der Waals surface area (Å²) in [5, 5.41) is 0. The van der Waals surface area contributed by atoms with Gasteiger partial charge in [0.15, 0.2) is 0 Å². The first-order chi connectivity index (χ1) is 15.9. The van der Waals surface area contributed by atoms with Gasteiger partial charge in [-0.15, -0.1) is 0 Å². The lowest BCUT2D eigenvalue weighted by Gasteiger charge is -2.73. The van der Waals surface area contributed by atoms with Crippen molar-refractivity contribution < 1.29 is 4.65 Å². The molecule has 0 N–H and O–H groups in total. The normalized spacial score (nSPS) is 61.8. The minimum Gasteiger partial charge on any atom is -0.448 e. The molecule has 0 aromatic rings. The summed E-state index contributed by atoms with van der Waals surface area (Å²) < 4.78 is 5.24.